The van der Waals surface area contributed by atoms with Gasteiger partial charge < -0.3 is 9.42 Å². The zero-order valence-corrected chi connectivity index (χ0v) is 11.9. The van der Waals surface area contributed by atoms with Crippen molar-refractivity contribution in [1.82, 2.24) is 15.0 Å². The van der Waals surface area contributed by atoms with Gasteiger partial charge in [-0.15, -0.1) is 0 Å². The fourth-order valence-corrected chi connectivity index (χ4v) is 4.22. The summed E-state index contributed by atoms with van der Waals surface area (Å²) in [5.74, 6) is 4.00. The molecule has 2 saturated carbocycles. The minimum Gasteiger partial charge on any atom is -0.342 e. The molecule has 0 aromatic carbocycles. The highest BCUT2D eigenvalue weighted by Crippen LogP contribution is 2.58. The molecule has 1 aromatic rings. The molecule has 1 amide bonds. The molecule has 3 aliphatic rings. The monoisotopic (exact) mass is 275 g/mol. The number of fused-ring (bicyclic) bond motifs is 1. The number of amides is 1. The van der Waals surface area contributed by atoms with Gasteiger partial charge in [-0.05, 0) is 44.4 Å². The Balaban J connectivity index is 1.34. The molecule has 1 aliphatic heterocycles. The Hall–Kier alpha value is -1.39. The normalized spacial score (nSPS) is 33.2. The van der Waals surface area contributed by atoms with Gasteiger partial charge in [0, 0.05) is 24.9 Å². The van der Waals surface area contributed by atoms with Gasteiger partial charge in [-0.1, -0.05) is 11.6 Å². The van der Waals surface area contributed by atoms with Crippen molar-refractivity contribution in [3.63, 3.8) is 0 Å². The van der Waals surface area contributed by atoms with Crippen LogP contribution in [-0.2, 0) is 4.79 Å². The van der Waals surface area contributed by atoms with E-state index in [2.05, 4.69) is 15.0 Å². The van der Waals surface area contributed by atoms with Crippen LogP contribution in [0, 0.1) is 24.7 Å². The van der Waals surface area contributed by atoms with E-state index in [4.69, 9.17) is 4.52 Å². The van der Waals surface area contributed by atoms with E-state index in [1.807, 2.05) is 6.92 Å². The number of carbonyl (C=O) groups excluding carboxylic acids is 1. The number of likely N-dealkylation sites (tertiary alicyclic amines) is 1. The van der Waals surface area contributed by atoms with Gasteiger partial charge in [-0.3, -0.25) is 4.79 Å². The van der Waals surface area contributed by atoms with E-state index < -0.39 is 0 Å². The van der Waals surface area contributed by atoms with Gasteiger partial charge in [0.2, 0.25) is 11.8 Å². The summed E-state index contributed by atoms with van der Waals surface area (Å²) in [6.45, 7) is 3.54. The van der Waals surface area contributed by atoms with Crippen LogP contribution in [0.5, 0.6) is 0 Å². The first kappa shape index (κ1) is 12.4. The third kappa shape index (κ3) is 1.95. The molecule has 1 aromatic heterocycles. The second-order valence-electron chi connectivity index (χ2n) is 6.56. The number of rotatable bonds is 2. The highest BCUT2D eigenvalue weighted by molar-refractivity contribution is 5.82. The fourth-order valence-electron chi connectivity index (χ4n) is 4.22. The summed E-state index contributed by atoms with van der Waals surface area (Å²) in [6, 6.07) is 0. The van der Waals surface area contributed by atoms with Crippen molar-refractivity contribution in [2.24, 2.45) is 17.8 Å². The first-order valence-corrected chi connectivity index (χ1v) is 7.83. The van der Waals surface area contributed by atoms with Gasteiger partial charge in [-0.25, -0.2) is 0 Å². The summed E-state index contributed by atoms with van der Waals surface area (Å²) < 4.78 is 5.26. The van der Waals surface area contributed by atoms with E-state index in [1.165, 1.54) is 19.3 Å². The maximum absolute atomic E-state index is 12.5. The molecule has 2 heterocycles. The molecular formula is C15H21N3O2. The molecule has 5 nitrogen and oxygen atoms in total. The Morgan fingerprint density at radius 1 is 1.20 bits per heavy atom. The third-order valence-electron chi connectivity index (χ3n) is 5.39. The first-order chi connectivity index (χ1) is 9.74. The summed E-state index contributed by atoms with van der Waals surface area (Å²) in [5, 5.41) is 3.86. The molecule has 2 unspecified atom stereocenters. The quantitative estimate of drug-likeness (QED) is 0.829. The minimum absolute atomic E-state index is 0.332. The van der Waals surface area contributed by atoms with E-state index in [-0.39, 0.29) is 0 Å². The molecule has 4 rings (SSSR count). The fraction of sp³-hybridized carbons (Fsp3) is 0.800. The van der Waals surface area contributed by atoms with Crippen molar-refractivity contribution in [2.75, 3.05) is 13.1 Å². The lowest BCUT2D eigenvalue weighted by Crippen LogP contribution is -2.39. The molecule has 108 valence electrons. The van der Waals surface area contributed by atoms with Gasteiger partial charge in [-0.2, -0.15) is 4.98 Å². The second kappa shape index (κ2) is 4.57. The Kier molecular flexibility index (Phi) is 2.82. The topological polar surface area (TPSA) is 59.2 Å². The van der Waals surface area contributed by atoms with Gasteiger partial charge >= 0.3 is 0 Å². The molecule has 2 atom stereocenters. The van der Waals surface area contributed by atoms with Crippen LogP contribution < -0.4 is 0 Å². The van der Waals surface area contributed by atoms with Gasteiger partial charge in [0.25, 0.3) is 0 Å². The van der Waals surface area contributed by atoms with E-state index in [1.54, 1.807) is 0 Å². The van der Waals surface area contributed by atoms with Crippen molar-refractivity contribution in [1.29, 1.82) is 0 Å². The summed E-state index contributed by atoms with van der Waals surface area (Å²) in [7, 11) is 0. The molecule has 0 bridgehead atoms. The number of carbonyl (C=O) groups is 1. The lowest BCUT2D eigenvalue weighted by atomic mass is 9.96. The lowest BCUT2D eigenvalue weighted by molar-refractivity contribution is -0.134. The maximum atomic E-state index is 12.5. The predicted molar refractivity (Wildman–Crippen MR) is 71.9 cm³/mol. The van der Waals surface area contributed by atoms with Crippen molar-refractivity contribution in [3.8, 4) is 0 Å². The van der Waals surface area contributed by atoms with Crippen LogP contribution in [0.4, 0.5) is 0 Å². The van der Waals surface area contributed by atoms with Crippen molar-refractivity contribution >= 4 is 5.91 Å². The van der Waals surface area contributed by atoms with Crippen LogP contribution in [0.2, 0.25) is 0 Å². The molecule has 1 saturated heterocycles. The maximum Gasteiger partial charge on any atom is 0.229 e. The van der Waals surface area contributed by atoms with Crippen LogP contribution in [0.15, 0.2) is 4.52 Å². The van der Waals surface area contributed by atoms with Gasteiger partial charge in [0.15, 0.2) is 5.82 Å². The van der Waals surface area contributed by atoms with Crippen molar-refractivity contribution in [3.05, 3.63) is 11.7 Å². The molecule has 0 N–H and O–H groups in total. The number of aryl methyl sites for hydroxylation is 1. The Morgan fingerprint density at radius 2 is 1.90 bits per heavy atom. The van der Waals surface area contributed by atoms with Gasteiger partial charge in [0.1, 0.15) is 0 Å². The van der Waals surface area contributed by atoms with Crippen molar-refractivity contribution in [2.45, 2.75) is 44.9 Å². The average Bonchev–Trinajstić information content (AvgIpc) is 2.84. The van der Waals surface area contributed by atoms with Crippen LogP contribution in [0.25, 0.3) is 0 Å². The van der Waals surface area contributed by atoms with Crippen LogP contribution in [0.3, 0.4) is 0 Å². The third-order valence-corrected chi connectivity index (χ3v) is 5.39. The van der Waals surface area contributed by atoms with E-state index in [0.717, 1.165) is 43.7 Å². The number of hydrogen-bond acceptors (Lipinski definition) is 4. The van der Waals surface area contributed by atoms with Gasteiger partial charge in [0.05, 0.1) is 0 Å². The largest absolute Gasteiger partial charge is 0.342 e. The molecular weight excluding hydrogens is 254 g/mol. The molecule has 2 aliphatic carbocycles. The minimum atomic E-state index is 0.332. The average molecular weight is 275 g/mol. The Bertz CT molecular complexity index is 509. The highest BCUT2D eigenvalue weighted by atomic mass is 16.5. The van der Waals surface area contributed by atoms with Crippen LogP contribution >= 0.6 is 0 Å². The van der Waals surface area contributed by atoms with E-state index in [0.29, 0.717) is 23.6 Å². The molecule has 20 heavy (non-hydrogen) atoms. The SMILES string of the molecule is Cc1noc(C2CCN(C(=O)C3C4CCCC43)CC2)n1. The second-order valence-corrected chi connectivity index (χ2v) is 6.56. The summed E-state index contributed by atoms with van der Waals surface area (Å²) in [5.41, 5.74) is 0. The number of piperidine rings is 1. The zero-order chi connectivity index (χ0) is 13.7. The van der Waals surface area contributed by atoms with Crippen LogP contribution in [-0.4, -0.2) is 34.0 Å². The number of nitrogens with zero attached hydrogens (tertiary/aromatic N) is 3. The summed E-state index contributed by atoms with van der Waals surface area (Å²) in [6.07, 6.45) is 5.79. The molecule has 5 heteroatoms. The van der Waals surface area contributed by atoms with Crippen LogP contribution in [0.1, 0.15) is 49.7 Å². The molecule has 0 spiro atoms. The summed E-state index contributed by atoms with van der Waals surface area (Å²) in [4.78, 5) is 18.9. The summed E-state index contributed by atoms with van der Waals surface area (Å²) >= 11 is 0. The number of hydrogen-bond donors (Lipinski definition) is 0. The molecule has 0 radical (unpaired) electrons. The smallest absolute Gasteiger partial charge is 0.229 e. The predicted octanol–water partition coefficient (Wildman–Crippen LogP) is 2.13. The highest BCUT2D eigenvalue weighted by Gasteiger charge is 2.57. The number of aromatic nitrogens is 2. The van der Waals surface area contributed by atoms with E-state index in [9.17, 15) is 4.79 Å². The standard InChI is InChI=1S/C15H21N3O2/c1-9-16-14(20-17-9)10-5-7-18(8-6-10)15(19)13-11-3-2-4-12(11)13/h10-13H,2-8H2,1H3. The first-order valence-electron chi connectivity index (χ1n) is 7.83. The zero-order valence-electron chi connectivity index (χ0n) is 11.9. The Morgan fingerprint density at radius 3 is 2.50 bits per heavy atom. The molecule has 3 fully saturated rings. The van der Waals surface area contributed by atoms with E-state index >= 15 is 0 Å². The lowest BCUT2D eigenvalue weighted by Gasteiger charge is -2.31. The Labute approximate surface area is 118 Å². The van der Waals surface area contributed by atoms with Crippen molar-refractivity contribution < 1.29 is 9.32 Å².